The van der Waals surface area contributed by atoms with Crippen LogP contribution in [0.1, 0.15) is 39.0 Å². The Hall–Kier alpha value is -0.130. The van der Waals surface area contributed by atoms with E-state index in [1.165, 1.54) is 19.3 Å². The molecule has 19 heavy (non-hydrogen) atoms. The van der Waals surface area contributed by atoms with Gasteiger partial charge in [0.1, 0.15) is 0 Å². The summed E-state index contributed by atoms with van der Waals surface area (Å²) in [5, 5.41) is 0. The van der Waals surface area contributed by atoms with E-state index in [0.717, 1.165) is 37.8 Å². The highest BCUT2D eigenvalue weighted by Gasteiger charge is 2.41. The fraction of sp³-hybridized carbons (Fsp3) is 1.00. The molecule has 0 bridgehead atoms. The molecular weight excluding hydrogens is 262 g/mol. The maximum Gasteiger partial charge on any atom is 0.214 e. The Morgan fingerprint density at radius 2 is 1.68 bits per heavy atom. The van der Waals surface area contributed by atoms with Gasteiger partial charge in [0.2, 0.25) is 10.0 Å². The Kier molecular flexibility index (Phi) is 3.65. The van der Waals surface area contributed by atoms with E-state index in [1.54, 1.807) is 4.31 Å². The van der Waals surface area contributed by atoms with Gasteiger partial charge in [-0.1, -0.05) is 26.2 Å². The number of nitrogens with zero attached hydrogens (tertiary/aromatic N) is 1. The minimum Gasteiger partial charge on any atom is -0.380 e. The molecule has 0 N–H and O–H groups in total. The third-order valence-corrected chi connectivity index (χ3v) is 7.35. The first-order chi connectivity index (χ1) is 8.99. The molecule has 0 radical (unpaired) electrons. The molecule has 0 aromatic carbocycles. The first-order valence-corrected chi connectivity index (χ1v) is 9.15. The number of ether oxygens (including phenoxy) is 1. The summed E-state index contributed by atoms with van der Waals surface area (Å²) in [6, 6.07) is 0. The lowest BCUT2D eigenvalue weighted by Crippen LogP contribution is -2.50. The maximum atomic E-state index is 12.4. The lowest BCUT2D eigenvalue weighted by molar-refractivity contribution is -0.0875. The SMILES string of the molecule is CC1(CS(=O)(=O)N2CCC(C3CCC3)CC2)COC1. The summed E-state index contributed by atoms with van der Waals surface area (Å²) in [7, 11) is -3.09. The zero-order chi connectivity index (χ0) is 13.5. The van der Waals surface area contributed by atoms with Crippen LogP contribution in [0.2, 0.25) is 0 Å². The number of hydrogen-bond acceptors (Lipinski definition) is 3. The van der Waals surface area contributed by atoms with E-state index in [1.807, 2.05) is 6.92 Å². The van der Waals surface area contributed by atoms with E-state index >= 15 is 0 Å². The van der Waals surface area contributed by atoms with Crippen LogP contribution in [0.4, 0.5) is 0 Å². The number of piperidine rings is 1. The minimum atomic E-state index is -3.09. The van der Waals surface area contributed by atoms with E-state index in [4.69, 9.17) is 4.74 Å². The summed E-state index contributed by atoms with van der Waals surface area (Å²) in [6.45, 7) is 4.66. The molecular formula is C14H25NO3S. The van der Waals surface area contributed by atoms with Gasteiger partial charge >= 0.3 is 0 Å². The fourth-order valence-electron chi connectivity index (χ4n) is 3.60. The fourth-order valence-corrected chi connectivity index (χ4v) is 5.60. The normalized spacial score (nSPS) is 29.7. The molecule has 5 heteroatoms. The molecule has 2 aliphatic heterocycles. The van der Waals surface area contributed by atoms with Crippen molar-refractivity contribution in [3.63, 3.8) is 0 Å². The molecule has 1 aliphatic carbocycles. The first-order valence-electron chi connectivity index (χ1n) is 7.54. The number of hydrogen-bond donors (Lipinski definition) is 0. The summed E-state index contributed by atoms with van der Waals surface area (Å²) in [5.74, 6) is 1.93. The second-order valence-corrected chi connectivity index (χ2v) is 8.96. The highest BCUT2D eigenvalue weighted by atomic mass is 32.2. The number of sulfonamides is 1. The highest BCUT2D eigenvalue weighted by Crippen LogP contribution is 2.39. The monoisotopic (exact) mass is 287 g/mol. The van der Waals surface area contributed by atoms with Crippen LogP contribution < -0.4 is 0 Å². The zero-order valence-corrected chi connectivity index (χ0v) is 12.6. The van der Waals surface area contributed by atoms with Gasteiger partial charge in [-0.15, -0.1) is 0 Å². The van der Waals surface area contributed by atoms with Crippen LogP contribution in [0.25, 0.3) is 0 Å². The van der Waals surface area contributed by atoms with Gasteiger partial charge in [-0.25, -0.2) is 12.7 Å². The average molecular weight is 287 g/mol. The highest BCUT2D eigenvalue weighted by molar-refractivity contribution is 7.89. The molecule has 1 saturated carbocycles. The first kappa shape index (κ1) is 13.8. The third kappa shape index (κ3) is 2.83. The Morgan fingerprint density at radius 1 is 1.11 bits per heavy atom. The van der Waals surface area contributed by atoms with Crippen LogP contribution in [0, 0.1) is 17.3 Å². The van der Waals surface area contributed by atoms with E-state index in [9.17, 15) is 8.42 Å². The topological polar surface area (TPSA) is 46.6 Å². The van der Waals surface area contributed by atoms with Crippen LogP contribution in [0.3, 0.4) is 0 Å². The van der Waals surface area contributed by atoms with Crippen molar-refractivity contribution in [3.05, 3.63) is 0 Å². The van der Waals surface area contributed by atoms with Crippen molar-refractivity contribution >= 4 is 10.0 Å². The smallest absolute Gasteiger partial charge is 0.214 e. The molecule has 3 aliphatic rings. The van der Waals surface area contributed by atoms with Crippen molar-refractivity contribution in [1.29, 1.82) is 0 Å². The predicted molar refractivity (Wildman–Crippen MR) is 74.4 cm³/mol. The van der Waals surface area contributed by atoms with Gasteiger partial charge in [-0.3, -0.25) is 0 Å². The van der Waals surface area contributed by atoms with E-state index in [2.05, 4.69) is 0 Å². The second-order valence-electron chi connectivity index (χ2n) is 6.99. The lowest BCUT2D eigenvalue weighted by atomic mass is 9.72. The van der Waals surface area contributed by atoms with Gasteiger partial charge in [-0.2, -0.15) is 0 Å². The molecule has 0 aromatic heterocycles. The minimum absolute atomic E-state index is 0.149. The van der Waals surface area contributed by atoms with E-state index in [0.29, 0.717) is 13.2 Å². The molecule has 0 spiro atoms. The van der Waals surface area contributed by atoms with E-state index < -0.39 is 10.0 Å². The van der Waals surface area contributed by atoms with Crippen LogP contribution in [0.5, 0.6) is 0 Å². The Morgan fingerprint density at radius 3 is 2.11 bits per heavy atom. The van der Waals surface area contributed by atoms with Crippen molar-refractivity contribution in [2.24, 2.45) is 17.3 Å². The largest absolute Gasteiger partial charge is 0.380 e. The summed E-state index contributed by atoms with van der Waals surface area (Å²) in [5.41, 5.74) is -0.149. The molecule has 0 aromatic rings. The summed E-state index contributed by atoms with van der Waals surface area (Å²) < 4.78 is 31.7. The van der Waals surface area contributed by atoms with Gasteiger partial charge in [0.25, 0.3) is 0 Å². The second kappa shape index (κ2) is 5.01. The van der Waals surface area contributed by atoms with Crippen molar-refractivity contribution in [2.75, 3.05) is 32.1 Å². The van der Waals surface area contributed by atoms with Gasteiger partial charge in [0.15, 0.2) is 0 Å². The van der Waals surface area contributed by atoms with E-state index in [-0.39, 0.29) is 11.2 Å². The van der Waals surface area contributed by atoms with Crippen molar-refractivity contribution < 1.29 is 13.2 Å². The van der Waals surface area contributed by atoms with Crippen molar-refractivity contribution in [1.82, 2.24) is 4.31 Å². The molecule has 2 saturated heterocycles. The third-order valence-electron chi connectivity index (χ3n) is 5.14. The Labute approximate surface area is 116 Å². The van der Waals surface area contributed by atoms with Crippen LogP contribution in [-0.4, -0.2) is 44.8 Å². The van der Waals surface area contributed by atoms with Crippen LogP contribution in [0.15, 0.2) is 0 Å². The molecule has 4 nitrogen and oxygen atoms in total. The molecule has 3 rings (SSSR count). The molecule has 2 heterocycles. The molecule has 3 fully saturated rings. The zero-order valence-electron chi connectivity index (χ0n) is 11.8. The summed E-state index contributed by atoms with van der Waals surface area (Å²) in [4.78, 5) is 0. The molecule has 0 atom stereocenters. The Balaban J connectivity index is 1.54. The van der Waals surface area contributed by atoms with Gasteiger partial charge in [0.05, 0.1) is 19.0 Å². The molecule has 110 valence electrons. The van der Waals surface area contributed by atoms with Crippen molar-refractivity contribution in [3.8, 4) is 0 Å². The summed E-state index contributed by atoms with van der Waals surface area (Å²) >= 11 is 0. The van der Waals surface area contributed by atoms with Gasteiger partial charge in [0, 0.05) is 18.5 Å². The molecule has 0 amide bonds. The predicted octanol–water partition coefficient (Wildman–Crippen LogP) is 1.86. The van der Waals surface area contributed by atoms with Crippen LogP contribution in [-0.2, 0) is 14.8 Å². The van der Waals surface area contributed by atoms with Crippen molar-refractivity contribution in [2.45, 2.75) is 39.0 Å². The Bertz CT molecular complexity index is 418. The van der Waals surface area contributed by atoms with Gasteiger partial charge < -0.3 is 4.74 Å². The average Bonchev–Trinajstić information content (AvgIpc) is 2.25. The maximum absolute atomic E-state index is 12.4. The standard InChI is InChI=1S/C14H25NO3S/c1-14(9-18-10-14)11-19(16,17)15-7-5-13(6-8-15)12-3-2-4-12/h12-13H,2-11H2,1H3. The quantitative estimate of drug-likeness (QED) is 0.793. The summed E-state index contributed by atoms with van der Waals surface area (Å²) in [6.07, 6.45) is 6.25. The molecule has 0 unspecified atom stereocenters. The van der Waals surface area contributed by atoms with Gasteiger partial charge in [-0.05, 0) is 24.7 Å². The van der Waals surface area contributed by atoms with Crippen LogP contribution >= 0.6 is 0 Å². The lowest BCUT2D eigenvalue weighted by Gasteiger charge is -2.42. The number of rotatable bonds is 4.